The third-order valence-electron chi connectivity index (χ3n) is 2.84. The van der Waals surface area contributed by atoms with E-state index >= 15 is 0 Å². The number of rotatable bonds is 6. The van der Waals surface area contributed by atoms with Gasteiger partial charge in [-0.2, -0.15) is 0 Å². The van der Waals surface area contributed by atoms with E-state index in [1.54, 1.807) is 0 Å². The van der Waals surface area contributed by atoms with Gasteiger partial charge in [0.25, 0.3) is 11.6 Å². The first-order chi connectivity index (χ1) is 9.09. The number of halogens is 1. The van der Waals surface area contributed by atoms with Gasteiger partial charge in [0.2, 0.25) is 0 Å². The molecular weight excluding hydrogens is 270 g/mol. The molecule has 0 heterocycles. The van der Waals surface area contributed by atoms with Crippen LogP contribution in [0.3, 0.4) is 0 Å². The predicted octanol–water partition coefficient (Wildman–Crippen LogP) is 1.73. The number of nitro benzene ring substituents is 1. The quantitative estimate of drug-likeness (QED) is 0.473. The molecule has 19 heavy (non-hydrogen) atoms. The van der Waals surface area contributed by atoms with E-state index in [-0.39, 0.29) is 16.3 Å². The van der Waals surface area contributed by atoms with Crippen LogP contribution in [0.5, 0.6) is 0 Å². The lowest BCUT2D eigenvalue weighted by Gasteiger charge is -2.07. The Hall–Kier alpha value is -1.66. The summed E-state index contributed by atoms with van der Waals surface area (Å²) < 4.78 is 0. The Kier molecular flexibility index (Phi) is 4.34. The van der Waals surface area contributed by atoms with Crippen molar-refractivity contribution in [3.63, 3.8) is 0 Å². The lowest BCUT2D eigenvalue weighted by atomic mass is 10.1. The number of hydrogen-bond donors (Lipinski definition) is 2. The molecule has 102 valence electrons. The summed E-state index contributed by atoms with van der Waals surface area (Å²) in [5.74, 6) is -0.519. The van der Waals surface area contributed by atoms with E-state index in [2.05, 4.69) is 10.6 Å². The van der Waals surface area contributed by atoms with Crippen molar-refractivity contribution < 1.29 is 9.72 Å². The fourth-order valence-electron chi connectivity index (χ4n) is 1.72. The van der Waals surface area contributed by atoms with Gasteiger partial charge in [0.15, 0.2) is 0 Å². The summed E-state index contributed by atoms with van der Waals surface area (Å²) in [6.07, 6.45) is 2.34. The molecule has 1 aromatic rings. The second-order valence-electron chi connectivity index (χ2n) is 4.38. The van der Waals surface area contributed by atoms with Gasteiger partial charge < -0.3 is 10.6 Å². The maximum absolute atomic E-state index is 11.9. The molecule has 1 aliphatic rings. The van der Waals surface area contributed by atoms with Gasteiger partial charge in [-0.1, -0.05) is 17.7 Å². The molecule has 1 aliphatic carbocycles. The van der Waals surface area contributed by atoms with Crippen LogP contribution in [0.1, 0.15) is 23.2 Å². The van der Waals surface area contributed by atoms with Crippen LogP contribution in [-0.4, -0.2) is 30.0 Å². The van der Waals surface area contributed by atoms with Gasteiger partial charge in [-0.05, 0) is 18.9 Å². The van der Waals surface area contributed by atoms with E-state index < -0.39 is 10.8 Å². The van der Waals surface area contributed by atoms with Crippen molar-refractivity contribution in [2.45, 2.75) is 18.9 Å². The van der Waals surface area contributed by atoms with E-state index in [9.17, 15) is 14.9 Å². The van der Waals surface area contributed by atoms with Crippen molar-refractivity contribution in [2.24, 2.45) is 0 Å². The summed E-state index contributed by atoms with van der Waals surface area (Å²) in [4.78, 5) is 22.2. The van der Waals surface area contributed by atoms with Crippen molar-refractivity contribution in [1.82, 2.24) is 10.6 Å². The summed E-state index contributed by atoms with van der Waals surface area (Å²) in [5, 5.41) is 16.8. The Bertz CT molecular complexity index is 503. The minimum atomic E-state index is -0.608. The van der Waals surface area contributed by atoms with Crippen molar-refractivity contribution in [3.05, 3.63) is 38.9 Å². The fraction of sp³-hybridized carbons (Fsp3) is 0.417. The van der Waals surface area contributed by atoms with Crippen molar-refractivity contribution in [1.29, 1.82) is 0 Å². The summed E-state index contributed by atoms with van der Waals surface area (Å²) in [5.41, 5.74) is -0.360. The highest BCUT2D eigenvalue weighted by Crippen LogP contribution is 2.25. The van der Waals surface area contributed by atoms with Gasteiger partial charge in [0.05, 0.1) is 9.95 Å². The monoisotopic (exact) mass is 283 g/mol. The summed E-state index contributed by atoms with van der Waals surface area (Å²) in [7, 11) is 0. The van der Waals surface area contributed by atoms with Crippen LogP contribution in [0.25, 0.3) is 0 Å². The average Bonchev–Trinajstić information content (AvgIpc) is 3.18. The largest absolute Gasteiger partial charge is 0.350 e. The maximum Gasteiger partial charge on any atom is 0.283 e. The molecule has 0 saturated heterocycles. The normalized spacial score (nSPS) is 14.2. The molecule has 1 saturated carbocycles. The Balaban J connectivity index is 1.98. The third-order valence-corrected chi connectivity index (χ3v) is 3.15. The topological polar surface area (TPSA) is 84.3 Å². The minimum Gasteiger partial charge on any atom is -0.350 e. The number of hydrogen-bond acceptors (Lipinski definition) is 4. The molecule has 6 nitrogen and oxygen atoms in total. The Labute approximate surface area is 115 Å². The number of nitrogens with one attached hydrogen (secondary N) is 2. The zero-order valence-corrected chi connectivity index (χ0v) is 10.9. The number of amides is 1. The minimum absolute atomic E-state index is 0.0828. The van der Waals surface area contributed by atoms with Crippen LogP contribution < -0.4 is 10.6 Å². The van der Waals surface area contributed by atoms with Crippen molar-refractivity contribution >= 4 is 23.2 Å². The molecule has 0 atom stereocenters. The lowest BCUT2D eigenvalue weighted by Crippen LogP contribution is -2.33. The molecule has 7 heteroatoms. The summed E-state index contributed by atoms with van der Waals surface area (Å²) >= 11 is 5.86. The highest BCUT2D eigenvalue weighted by atomic mass is 35.5. The highest BCUT2D eigenvalue weighted by molar-refractivity contribution is 6.34. The van der Waals surface area contributed by atoms with E-state index in [0.717, 1.165) is 0 Å². The van der Waals surface area contributed by atoms with Crippen LogP contribution >= 0.6 is 11.6 Å². The Morgan fingerprint density at radius 2 is 2.16 bits per heavy atom. The molecule has 2 rings (SSSR count). The predicted molar refractivity (Wildman–Crippen MR) is 71.5 cm³/mol. The Morgan fingerprint density at radius 3 is 2.79 bits per heavy atom. The van der Waals surface area contributed by atoms with Crippen LogP contribution in [0.2, 0.25) is 5.02 Å². The molecule has 0 aromatic heterocycles. The first-order valence-corrected chi connectivity index (χ1v) is 6.42. The molecular formula is C12H14ClN3O3. The molecule has 0 aliphatic heterocycles. The van der Waals surface area contributed by atoms with Gasteiger partial charge in [-0.25, -0.2) is 0 Å². The molecule has 1 aromatic carbocycles. The lowest BCUT2D eigenvalue weighted by molar-refractivity contribution is -0.385. The number of nitro groups is 1. The van der Waals surface area contributed by atoms with Crippen molar-refractivity contribution in [2.75, 3.05) is 13.1 Å². The third kappa shape index (κ3) is 3.65. The molecule has 1 amide bonds. The molecule has 0 radical (unpaired) electrons. The van der Waals surface area contributed by atoms with Crippen LogP contribution in [-0.2, 0) is 0 Å². The smallest absolute Gasteiger partial charge is 0.283 e. The zero-order chi connectivity index (χ0) is 13.8. The van der Waals surface area contributed by atoms with Gasteiger partial charge in [-0.3, -0.25) is 14.9 Å². The highest BCUT2D eigenvalue weighted by Gasteiger charge is 2.23. The zero-order valence-electron chi connectivity index (χ0n) is 10.2. The first kappa shape index (κ1) is 13.8. The van der Waals surface area contributed by atoms with E-state index in [0.29, 0.717) is 19.1 Å². The van der Waals surface area contributed by atoms with Gasteiger partial charge in [0.1, 0.15) is 5.56 Å². The maximum atomic E-state index is 11.9. The molecule has 0 bridgehead atoms. The number of carbonyl (C=O) groups excluding carboxylic acids is 1. The van der Waals surface area contributed by atoms with Gasteiger partial charge >= 0.3 is 0 Å². The average molecular weight is 284 g/mol. The summed E-state index contributed by atoms with van der Waals surface area (Å²) in [6.45, 7) is 1.06. The van der Waals surface area contributed by atoms with E-state index in [4.69, 9.17) is 11.6 Å². The molecule has 1 fully saturated rings. The van der Waals surface area contributed by atoms with Crippen LogP contribution in [0.15, 0.2) is 18.2 Å². The van der Waals surface area contributed by atoms with E-state index in [1.165, 1.54) is 31.0 Å². The number of nitrogens with zero attached hydrogens (tertiary/aromatic N) is 1. The number of carbonyl (C=O) groups is 1. The van der Waals surface area contributed by atoms with Gasteiger partial charge in [-0.15, -0.1) is 0 Å². The Morgan fingerprint density at radius 1 is 1.42 bits per heavy atom. The standard InChI is InChI=1S/C12H14ClN3O3/c13-9-2-1-3-10(16(18)19)11(9)12(17)15-7-6-14-8-4-5-8/h1-3,8,14H,4-7H2,(H,15,17). The number of benzene rings is 1. The molecule has 0 spiro atoms. The molecule has 2 N–H and O–H groups in total. The second-order valence-corrected chi connectivity index (χ2v) is 4.78. The van der Waals surface area contributed by atoms with E-state index in [1.807, 2.05) is 0 Å². The van der Waals surface area contributed by atoms with Gasteiger partial charge in [0, 0.05) is 25.2 Å². The van der Waals surface area contributed by atoms with Crippen LogP contribution in [0, 0.1) is 10.1 Å². The SMILES string of the molecule is O=C(NCCNC1CC1)c1c(Cl)cccc1[N+](=O)[O-]. The van der Waals surface area contributed by atoms with Crippen LogP contribution in [0.4, 0.5) is 5.69 Å². The first-order valence-electron chi connectivity index (χ1n) is 6.04. The molecule has 0 unspecified atom stereocenters. The summed E-state index contributed by atoms with van der Waals surface area (Å²) in [6, 6.07) is 4.74. The van der Waals surface area contributed by atoms with Crippen molar-refractivity contribution in [3.8, 4) is 0 Å². The second kappa shape index (κ2) is 5.99. The fourth-order valence-corrected chi connectivity index (χ4v) is 1.97.